The van der Waals surface area contributed by atoms with Gasteiger partial charge >= 0.3 is 18.2 Å². The third-order valence-corrected chi connectivity index (χ3v) is 0.402. The molecule has 0 spiro atoms. The highest BCUT2D eigenvalue weighted by molar-refractivity contribution is 7.22. The molecule has 0 unspecified atom stereocenters. The molecular formula is C5H9Cl2Mg. The summed E-state index contributed by atoms with van der Waals surface area (Å²) in [6.45, 7) is 5.58. The summed E-state index contributed by atoms with van der Waals surface area (Å²) < 4.78 is 0. The number of hydrogen-bond acceptors (Lipinski definition) is 0. The van der Waals surface area contributed by atoms with E-state index in [9.17, 15) is 0 Å². The minimum absolute atomic E-state index is 0.639. The van der Waals surface area contributed by atoms with Gasteiger partial charge in [-0.1, -0.05) is 19.1 Å². The molecule has 0 saturated heterocycles. The average Bonchev–Trinajstić information content (AvgIpc) is 1.71. The van der Waals surface area contributed by atoms with Crippen LogP contribution < -0.4 is 0 Å². The molecule has 0 fully saturated rings. The van der Waals surface area contributed by atoms with E-state index in [1.807, 2.05) is 6.08 Å². The Morgan fingerprint density at radius 1 is 1.62 bits per heavy atom. The fourth-order valence-electron chi connectivity index (χ4n) is 0.167. The van der Waals surface area contributed by atoms with Crippen LogP contribution >= 0.6 is 18.1 Å². The molecule has 0 amide bonds. The van der Waals surface area contributed by atoms with Crippen LogP contribution in [0.15, 0.2) is 12.2 Å². The third-order valence-electron chi connectivity index (χ3n) is 0.402. The second-order valence-corrected chi connectivity index (χ2v) is 3.61. The summed E-state index contributed by atoms with van der Waals surface area (Å²) in [4.78, 5) is 0. The lowest BCUT2D eigenvalue weighted by Crippen LogP contribution is -1.44. The van der Waals surface area contributed by atoms with Gasteiger partial charge < -0.3 is 18.1 Å². The monoisotopic (exact) mass is 163 g/mol. The van der Waals surface area contributed by atoms with Gasteiger partial charge in [-0.05, 0) is 13.3 Å². The van der Waals surface area contributed by atoms with E-state index in [0.29, 0.717) is 0 Å². The van der Waals surface area contributed by atoms with Gasteiger partial charge in [-0.15, -0.1) is 0 Å². The Morgan fingerprint density at radius 3 is 2.00 bits per heavy atom. The minimum atomic E-state index is -0.639. The summed E-state index contributed by atoms with van der Waals surface area (Å²) in [7, 11) is 9.81. The highest BCUT2D eigenvalue weighted by Crippen LogP contribution is 1.73. The van der Waals surface area contributed by atoms with E-state index in [1.165, 1.54) is 0 Å². The van der Waals surface area contributed by atoms with E-state index in [0.717, 1.165) is 6.42 Å². The predicted molar refractivity (Wildman–Crippen MR) is 42.2 cm³/mol. The smallest absolute Gasteiger partial charge is 0.309 e. The lowest BCUT2D eigenvalue weighted by Gasteiger charge is -1.65. The first-order valence-electron chi connectivity index (χ1n) is 2.39. The summed E-state index contributed by atoms with van der Waals surface area (Å²) in [6, 6.07) is 0. The maximum Gasteiger partial charge on any atom is 0.618 e. The van der Waals surface area contributed by atoms with Crippen LogP contribution in [0, 0.1) is 6.92 Å². The van der Waals surface area contributed by atoms with Gasteiger partial charge in [0.15, 0.2) is 0 Å². The maximum atomic E-state index is 4.90. The molecule has 0 nitrogen and oxygen atoms in total. The minimum Gasteiger partial charge on any atom is -0.309 e. The predicted octanol–water partition coefficient (Wildman–Crippen LogP) is 2.78. The van der Waals surface area contributed by atoms with Crippen molar-refractivity contribution in [2.24, 2.45) is 0 Å². The molecule has 0 aliphatic rings. The molecular weight excluding hydrogens is 155 g/mol. The van der Waals surface area contributed by atoms with Crippen molar-refractivity contribution in [2.75, 3.05) is 0 Å². The van der Waals surface area contributed by atoms with E-state index in [2.05, 4.69) is 13.8 Å². The first-order chi connectivity index (χ1) is 3.83. The molecule has 0 heterocycles. The van der Waals surface area contributed by atoms with Gasteiger partial charge in [0, 0.05) is 0 Å². The third kappa shape index (κ3) is 27.6. The highest BCUT2D eigenvalue weighted by Gasteiger charge is 1.64. The van der Waals surface area contributed by atoms with E-state index < -0.39 is 18.2 Å². The molecule has 0 aromatic rings. The second-order valence-electron chi connectivity index (χ2n) is 0.981. The molecule has 0 rings (SSSR count). The van der Waals surface area contributed by atoms with Crippen LogP contribution in [-0.4, -0.2) is 18.2 Å². The van der Waals surface area contributed by atoms with E-state index in [4.69, 9.17) is 18.1 Å². The standard InChI is InChI=1S/C5H9.2ClH.Mg/c1-3-5-4-2;;;/h3,5H,1,4H2,2H3;2*1H;/q;;;+2/p-2/b5-3-;;;. The van der Waals surface area contributed by atoms with Gasteiger partial charge in [0.25, 0.3) is 0 Å². The second kappa shape index (κ2) is 15.7. The molecule has 0 aliphatic heterocycles. The Bertz CT molecular complexity index is 45.7. The number of rotatable bonds is 1. The Kier molecular flexibility index (Phi) is 23.2. The lowest BCUT2D eigenvalue weighted by molar-refractivity contribution is 1.22. The van der Waals surface area contributed by atoms with Crippen molar-refractivity contribution in [3.05, 3.63) is 19.1 Å². The van der Waals surface area contributed by atoms with Crippen LogP contribution in [0.4, 0.5) is 0 Å². The van der Waals surface area contributed by atoms with E-state index >= 15 is 0 Å². The molecule has 8 heavy (non-hydrogen) atoms. The van der Waals surface area contributed by atoms with Crippen molar-refractivity contribution >= 4 is 36.3 Å². The summed E-state index contributed by atoms with van der Waals surface area (Å²) in [5.74, 6) is 0. The zero-order chi connectivity index (χ0) is 6.83. The van der Waals surface area contributed by atoms with Crippen molar-refractivity contribution in [3.63, 3.8) is 0 Å². The molecule has 3 heteroatoms. The molecule has 0 bridgehead atoms. The van der Waals surface area contributed by atoms with Crippen molar-refractivity contribution in [2.45, 2.75) is 13.3 Å². The quantitative estimate of drug-likeness (QED) is 0.523. The molecule has 0 aliphatic carbocycles. The van der Waals surface area contributed by atoms with Crippen molar-refractivity contribution in [3.8, 4) is 0 Å². The molecule has 0 atom stereocenters. The Hall–Kier alpha value is 1.09. The highest BCUT2D eigenvalue weighted by atomic mass is 35.6. The zero-order valence-electron chi connectivity index (χ0n) is 5.03. The normalized spacial score (nSPS) is 7.50. The molecule has 45 valence electrons. The lowest BCUT2D eigenvalue weighted by atomic mass is 10.4. The first kappa shape index (κ1) is 11.8. The van der Waals surface area contributed by atoms with Gasteiger partial charge in [0.1, 0.15) is 0 Å². The van der Waals surface area contributed by atoms with Crippen molar-refractivity contribution in [1.82, 2.24) is 0 Å². The van der Waals surface area contributed by atoms with Crippen LogP contribution in [-0.2, 0) is 0 Å². The van der Waals surface area contributed by atoms with E-state index in [1.54, 1.807) is 6.08 Å². The van der Waals surface area contributed by atoms with Crippen LogP contribution in [0.2, 0.25) is 0 Å². The molecule has 0 N–H and O–H groups in total. The van der Waals surface area contributed by atoms with Gasteiger partial charge in [0.05, 0.1) is 0 Å². The van der Waals surface area contributed by atoms with Crippen LogP contribution in [0.25, 0.3) is 0 Å². The fraction of sp³-hybridized carbons (Fsp3) is 0.400. The first-order valence-corrected chi connectivity index (χ1v) is 6.67. The Balaban J connectivity index is 0. The Morgan fingerprint density at radius 2 is 2.00 bits per heavy atom. The van der Waals surface area contributed by atoms with Crippen molar-refractivity contribution < 1.29 is 0 Å². The summed E-state index contributed by atoms with van der Waals surface area (Å²) in [6.07, 6.45) is 4.92. The zero-order valence-corrected chi connectivity index (χ0v) is 7.96. The van der Waals surface area contributed by atoms with Crippen LogP contribution in [0.5, 0.6) is 0 Å². The topological polar surface area (TPSA) is 0 Å². The summed E-state index contributed by atoms with van der Waals surface area (Å²) in [5, 5.41) is 0. The van der Waals surface area contributed by atoms with Gasteiger partial charge in [-0.25, -0.2) is 0 Å². The molecule has 0 aromatic carbocycles. The van der Waals surface area contributed by atoms with Gasteiger partial charge in [-0.2, -0.15) is 0 Å². The summed E-state index contributed by atoms with van der Waals surface area (Å²) >= 11 is -0.639. The number of allylic oxidation sites excluding steroid dienone is 2. The van der Waals surface area contributed by atoms with Crippen LogP contribution in [0.1, 0.15) is 13.3 Å². The van der Waals surface area contributed by atoms with Crippen molar-refractivity contribution in [1.29, 1.82) is 0 Å². The summed E-state index contributed by atoms with van der Waals surface area (Å²) in [5.41, 5.74) is 0. The molecule has 1 radical (unpaired) electrons. The average molecular weight is 164 g/mol. The van der Waals surface area contributed by atoms with Crippen LogP contribution in [0.3, 0.4) is 0 Å². The largest absolute Gasteiger partial charge is 0.618 e. The SMILES string of the molecule is [CH2]/C=C\CC.[Cl][Mg][Cl]. The molecule has 0 aromatic heterocycles. The number of halogens is 2. The maximum absolute atomic E-state index is 4.90. The van der Waals surface area contributed by atoms with E-state index in [-0.39, 0.29) is 0 Å². The number of hydrogen-bond donors (Lipinski definition) is 0. The molecule has 0 saturated carbocycles. The fourth-order valence-corrected chi connectivity index (χ4v) is 0.167. The van der Waals surface area contributed by atoms with Gasteiger partial charge in [-0.3, -0.25) is 0 Å². The van der Waals surface area contributed by atoms with Gasteiger partial charge in [0.2, 0.25) is 0 Å². The Labute approximate surface area is 68.5 Å².